The van der Waals surface area contributed by atoms with Gasteiger partial charge in [0.05, 0.1) is 21.7 Å². The van der Waals surface area contributed by atoms with Crippen LogP contribution in [0.1, 0.15) is 22.7 Å². The van der Waals surface area contributed by atoms with Crippen molar-refractivity contribution in [2.45, 2.75) is 12.6 Å². The van der Waals surface area contributed by atoms with Crippen LogP contribution in [-0.2, 0) is 16.1 Å². The second-order valence-electron chi connectivity index (χ2n) is 6.82. The highest BCUT2D eigenvalue weighted by Crippen LogP contribution is 2.40. The van der Waals surface area contributed by atoms with Crippen LogP contribution >= 0.6 is 23.2 Å². The zero-order valence-corrected chi connectivity index (χ0v) is 17.1. The van der Waals surface area contributed by atoms with Crippen molar-refractivity contribution in [1.82, 2.24) is 9.88 Å². The van der Waals surface area contributed by atoms with Gasteiger partial charge in [0, 0.05) is 24.5 Å². The van der Waals surface area contributed by atoms with Crippen LogP contribution in [0.3, 0.4) is 0 Å². The maximum atomic E-state index is 13.0. The van der Waals surface area contributed by atoms with Crippen molar-refractivity contribution >= 4 is 40.7 Å². The SMILES string of the molecule is O=C1C(=O)N(Cc2ccncc2)C(c2ccccc2)/C1=C(/O)c1ccc(Cl)c(Cl)c1. The predicted molar refractivity (Wildman–Crippen MR) is 115 cm³/mol. The molecule has 0 saturated carbocycles. The Kier molecular flexibility index (Phi) is 5.57. The van der Waals surface area contributed by atoms with Gasteiger partial charge in [-0.15, -0.1) is 0 Å². The molecule has 7 heteroatoms. The molecule has 1 saturated heterocycles. The first-order valence-electron chi connectivity index (χ1n) is 9.15. The van der Waals surface area contributed by atoms with Crippen LogP contribution < -0.4 is 0 Å². The number of amides is 1. The minimum absolute atomic E-state index is 0.0126. The van der Waals surface area contributed by atoms with Gasteiger partial charge >= 0.3 is 0 Å². The Morgan fingerprint density at radius 3 is 2.33 bits per heavy atom. The number of aromatic nitrogens is 1. The molecule has 2 aromatic carbocycles. The molecule has 1 unspecified atom stereocenters. The van der Waals surface area contributed by atoms with E-state index in [1.54, 1.807) is 30.6 Å². The van der Waals surface area contributed by atoms with Gasteiger partial charge in [0.25, 0.3) is 11.7 Å². The molecule has 1 atom stereocenters. The summed E-state index contributed by atoms with van der Waals surface area (Å²) in [7, 11) is 0. The van der Waals surface area contributed by atoms with Crippen molar-refractivity contribution in [2.24, 2.45) is 0 Å². The summed E-state index contributed by atoms with van der Waals surface area (Å²) < 4.78 is 0. The van der Waals surface area contributed by atoms with E-state index in [9.17, 15) is 14.7 Å². The first kappa shape index (κ1) is 20.1. The highest BCUT2D eigenvalue weighted by Gasteiger charge is 2.46. The second kappa shape index (κ2) is 8.30. The summed E-state index contributed by atoms with van der Waals surface area (Å²) in [5.74, 6) is -1.72. The van der Waals surface area contributed by atoms with Crippen LogP contribution in [0.4, 0.5) is 0 Å². The van der Waals surface area contributed by atoms with Crippen LogP contribution in [0.25, 0.3) is 5.76 Å². The number of aliphatic hydroxyl groups is 1. The van der Waals surface area contributed by atoms with E-state index in [1.165, 1.54) is 17.0 Å². The maximum absolute atomic E-state index is 13.0. The number of benzene rings is 2. The molecular formula is C23H16Cl2N2O3. The fourth-order valence-electron chi connectivity index (χ4n) is 3.51. The number of ketones is 1. The third kappa shape index (κ3) is 3.70. The van der Waals surface area contributed by atoms with E-state index in [0.717, 1.165) is 5.56 Å². The lowest BCUT2D eigenvalue weighted by Gasteiger charge is -2.25. The first-order valence-corrected chi connectivity index (χ1v) is 9.90. The standard InChI is InChI=1S/C23H16Cl2N2O3/c24-17-7-6-16(12-18(17)25)21(28)19-20(15-4-2-1-3-5-15)27(23(30)22(19)29)13-14-8-10-26-11-9-14/h1-12,20,28H,13H2/b21-19-. The van der Waals surface area contributed by atoms with Gasteiger partial charge in [-0.3, -0.25) is 14.6 Å². The van der Waals surface area contributed by atoms with Gasteiger partial charge in [0.15, 0.2) is 0 Å². The summed E-state index contributed by atoms with van der Waals surface area (Å²) in [5, 5.41) is 11.6. The second-order valence-corrected chi connectivity index (χ2v) is 7.64. The quantitative estimate of drug-likeness (QED) is 0.353. The predicted octanol–water partition coefficient (Wildman–Crippen LogP) is 5.01. The monoisotopic (exact) mass is 438 g/mol. The summed E-state index contributed by atoms with van der Waals surface area (Å²) in [5.41, 5.74) is 1.86. The van der Waals surface area contributed by atoms with Crippen molar-refractivity contribution in [3.05, 3.63) is 105 Å². The molecule has 4 rings (SSSR count). The number of carbonyl (C=O) groups excluding carboxylic acids is 2. The molecule has 1 amide bonds. The van der Waals surface area contributed by atoms with Crippen molar-refractivity contribution in [2.75, 3.05) is 0 Å². The molecule has 0 aliphatic carbocycles. The van der Waals surface area contributed by atoms with E-state index in [2.05, 4.69) is 4.98 Å². The Balaban J connectivity index is 1.86. The third-order valence-electron chi connectivity index (χ3n) is 4.95. The minimum atomic E-state index is -0.749. The molecule has 2 heterocycles. The Bertz CT molecular complexity index is 1150. The number of Topliss-reactive ketones (excluding diaryl/α,β-unsaturated/α-hetero) is 1. The molecule has 1 N–H and O–H groups in total. The number of pyridine rings is 1. The van der Waals surface area contributed by atoms with Crippen LogP contribution in [0, 0.1) is 0 Å². The summed E-state index contributed by atoms with van der Waals surface area (Å²) in [6, 6.07) is 16.5. The number of halogens is 2. The largest absolute Gasteiger partial charge is 0.507 e. The van der Waals surface area contributed by atoms with E-state index in [-0.39, 0.29) is 22.9 Å². The zero-order chi connectivity index (χ0) is 21.3. The van der Waals surface area contributed by atoms with Crippen LogP contribution in [0.2, 0.25) is 10.0 Å². The Hall–Kier alpha value is -3.15. The number of carbonyl (C=O) groups is 2. The fraction of sp³-hybridized carbons (Fsp3) is 0.0870. The number of aliphatic hydroxyl groups excluding tert-OH is 1. The molecule has 3 aromatic rings. The molecule has 1 aliphatic heterocycles. The number of rotatable bonds is 4. The number of hydrogen-bond donors (Lipinski definition) is 1. The molecule has 5 nitrogen and oxygen atoms in total. The number of hydrogen-bond acceptors (Lipinski definition) is 4. The Morgan fingerprint density at radius 1 is 0.967 bits per heavy atom. The van der Waals surface area contributed by atoms with E-state index >= 15 is 0 Å². The molecule has 0 spiro atoms. The smallest absolute Gasteiger partial charge is 0.295 e. The summed E-state index contributed by atoms with van der Waals surface area (Å²) in [6.07, 6.45) is 3.25. The van der Waals surface area contributed by atoms with Crippen molar-refractivity contribution in [3.8, 4) is 0 Å². The molecule has 0 bridgehead atoms. The minimum Gasteiger partial charge on any atom is -0.507 e. The normalized spacial score (nSPS) is 18.1. The van der Waals surface area contributed by atoms with E-state index in [0.29, 0.717) is 16.1 Å². The number of likely N-dealkylation sites (tertiary alicyclic amines) is 1. The van der Waals surface area contributed by atoms with Gasteiger partial charge in [-0.2, -0.15) is 0 Å². The molecule has 1 aliphatic rings. The summed E-state index contributed by atoms with van der Waals surface area (Å²) >= 11 is 12.1. The number of nitrogens with zero attached hydrogens (tertiary/aromatic N) is 2. The fourth-order valence-corrected chi connectivity index (χ4v) is 3.81. The molecule has 30 heavy (non-hydrogen) atoms. The highest BCUT2D eigenvalue weighted by atomic mass is 35.5. The lowest BCUT2D eigenvalue weighted by atomic mass is 9.95. The molecule has 1 fully saturated rings. The summed E-state index contributed by atoms with van der Waals surface area (Å²) in [6.45, 7) is 0.199. The topological polar surface area (TPSA) is 70.5 Å². The Labute approximate surface area is 183 Å². The van der Waals surface area contributed by atoms with Crippen LogP contribution in [0.5, 0.6) is 0 Å². The van der Waals surface area contributed by atoms with E-state index in [1.807, 2.05) is 30.3 Å². The van der Waals surface area contributed by atoms with Crippen molar-refractivity contribution < 1.29 is 14.7 Å². The van der Waals surface area contributed by atoms with Crippen molar-refractivity contribution in [3.63, 3.8) is 0 Å². The van der Waals surface area contributed by atoms with E-state index in [4.69, 9.17) is 23.2 Å². The molecule has 150 valence electrons. The first-order chi connectivity index (χ1) is 14.5. The molecule has 1 aromatic heterocycles. The zero-order valence-electron chi connectivity index (χ0n) is 15.6. The average Bonchev–Trinajstić information content (AvgIpc) is 3.01. The Morgan fingerprint density at radius 2 is 1.67 bits per heavy atom. The highest BCUT2D eigenvalue weighted by molar-refractivity contribution is 6.46. The lowest BCUT2D eigenvalue weighted by Crippen LogP contribution is -2.29. The molecule has 0 radical (unpaired) electrons. The third-order valence-corrected chi connectivity index (χ3v) is 5.69. The van der Waals surface area contributed by atoms with Crippen LogP contribution in [0.15, 0.2) is 78.6 Å². The van der Waals surface area contributed by atoms with Gasteiger partial charge in [0.1, 0.15) is 5.76 Å². The van der Waals surface area contributed by atoms with Gasteiger partial charge in [-0.1, -0.05) is 53.5 Å². The average molecular weight is 439 g/mol. The maximum Gasteiger partial charge on any atom is 0.295 e. The molecular weight excluding hydrogens is 423 g/mol. The van der Waals surface area contributed by atoms with Gasteiger partial charge in [0.2, 0.25) is 0 Å². The lowest BCUT2D eigenvalue weighted by molar-refractivity contribution is -0.140. The van der Waals surface area contributed by atoms with Crippen molar-refractivity contribution in [1.29, 1.82) is 0 Å². The van der Waals surface area contributed by atoms with Gasteiger partial charge < -0.3 is 10.0 Å². The van der Waals surface area contributed by atoms with E-state index < -0.39 is 17.7 Å². The van der Waals surface area contributed by atoms with Crippen LogP contribution in [-0.4, -0.2) is 26.7 Å². The summed E-state index contributed by atoms with van der Waals surface area (Å²) in [4.78, 5) is 31.3. The van der Waals surface area contributed by atoms with Gasteiger partial charge in [-0.05, 0) is 41.5 Å². The van der Waals surface area contributed by atoms with Gasteiger partial charge in [-0.25, -0.2) is 0 Å².